The second-order valence-electron chi connectivity index (χ2n) is 4.89. The molecule has 2 N–H and O–H groups in total. The molecule has 0 aromatic carbocycles. The third-order valence-electron chi connectivity index (χ3n) is 3.45. The molecule has 1 aromatic rings. The van der Waals surface area contributed by atoms with Crippen LogP contribution in [-0.4, -0.2) is 22.0 Å². The van der Waals surface area contributed by atoms with Gasteiger partial charge >= 0.3 is 5.97 Å². The molecule has 19 heavy (non-hydrogen) atoms. The highest BCUT2D eigenvalue weighted by Gasteiger charge is 2.20. The number of aromatic carboxylic acids is 1. The van der Waals surface area contributed by atoms with Gasteiger partial charge in [0.1, 0.15) is 5.82 Å². The Balaban J connectivity index is 2.01. The predicted octanol–water partition coefficient (Wildman–Crippen LogP) is 2.69. The zero-order chi connectivity index (χ0) is 13.7. The number of nitrogens with one attached hydrogen (secondary N) is 1. The number of carboxylic acids is 1. The zero-order valence-corrected chi connectivity index (χ0v) is 10.8. The molecule has 1 heterocycles. The van der Waals surface area contributed by atoms with Crippen LogP contribution in [0.25, 0.3) is 0 Å². The molecule has 0 aliphatic heterocycles. The summed E-state index contributed by atoms with van der Waals surface area (Å²) in [5.41, 5.74) is -0.0568. The molecule has 0 unspecified atom stereocenters. The van der Waals surface area contributed by atoms with Crippen molar-refractivity contribution in [3.63, 3.8) is 0 Å². The van der Waals surface area contributed by atoms with Gasteiger partial charge in [0, 0.05) is 5.92 Å². The molecule has 1 aromatic heterocycles. The molecule has 1 saturated carbocycles. The van der Waals surface area contributed by atoms with E-state index in [9.17, 15) is 9.59 Å². The van der Waals surface area contributed by atoms with Crippen molar-refractivity contribution >= 4 is 17.7 Å². The van der Waals surface area contributed by atoms with Crippen molar-refractivity contribution < 1.29 is 14.7 Å². The van der Waals surface area contributed by atoms with Crippen molar-refractivity contribution in [1.29, 1.82) is 0 Å². The Morgan fingerprint density at radius 3 is 2.47 bits per heavy atom. The van der Waals surface area contributed by atoms with Crippen LogP contribution in [0, 0.1) is 5.92 Å². The van der Waals surface area contributed by atoms with Gasteiger partial charge in [-0.15, -0.1) is 0 Å². The maximum atomic E-state index is 12.1. The van der Waals surface area contributed by atoms with E-state index in [4.69, 9.17) is 5.11 Å². The lowest BCUT2D eigenvalue weighted by Gasteiger charge is -2.13. The Labute approximate surface area is 112 Å². The normalized spacial score (nSPS) is 16.6. The van der Waals surface area contributed by atoms with Crippen LogP contribution >= 0.6 is 0 Å². The van der Waals surface area contributed by atoms with Gasteiger partial charge in [0.2, 0.25) is 5.91 Å². The van der Waals surface area contributed by atoms with Crippen LogP contribution < -0.4 is 5.32 Å². The number of aromatic nitrogens is 1. The van der Waals surface area contributed by atoms with E-state index in [-0.39, 0.29) is 17.5 Å². The summed E-state index contributed by atoms with van der Waals surface area (Å²) in [6.45, 7) is 0. The highest BCUT2D eigenvalue weighted by atomic mass is 16.4. The van der Waals surface area contributed by atoms with Crippen LogP contribution in [0.3, 0.4) is 0 Å². The molecule has 0 bridgehead atoms. The number of rotatable bonds is 3. The molecule has 0 spiro atoms. The van der Waals surface area contributed by atoms with Gasteiger partial charge in [-0.05, 0) is 25.0 Å². The van der Waals surface area contributed by atoms with Crippen molar-refractivity contribution in [2.45, 2.75) is 38.5 Å². The molecule has 5 nitrogen and oxygen atoms in total. The predicted molar refractivity (Wildman–Crippen MR) is 71.0 cm³/mol. The molecule has 0 atom stereocenters. The smallest absolute Gasteiger partial charge is 0.354 e. The van der Waals surface area contributed by atoms with Crippen molar-refractivity contribution in [3.8, 4) is 0 Å². The number of hydrogen-bond donors (Lipinski definition) is 2. The summed E-state index contributed by atoms with van der Waals surface area (Å²) in [7, 11) is 0. The lowest BCUT2D eigenvalue weighted by molar-refractivity contribution is -0.120. The number of amides is 1. The lowest BCUT2D eigenvalue weighted by Crippen LogP contribution is -2.23. The Morgan fingerprint density at radius 2 is 1.84 bits per heavy atom. The summed E-state index contributed by atoms with van der Waals surface area (Å²) >= 11 is 0. The molecule has 1 aliphatic carbocycles. The standard InChI is InChI=1S/C14H18N2O3/c17-13(10-6-3-1-2-4-7-10)16-12-9-5-8-11(15-12)14(18)19/h5,8-10H,1-4,6-7H2,(H,18,19)(H,15,16,17). The zero-order valence-electron chi connectivity index (χ0n) is 10.8. The average molecular weight is 262 g/mol. The minimum absolute atomic E-state index is 0.0257. The third-order valence-corrected chi connectivity index (χ3v) is 3.45. The molecule has 1 amide bonds. The Hall–Kier alpha value is -1.91. The maximum absolute atomic E-state index is 12.1. The molecule has 5 heteroatoms. The van der Waals surface area contributed by atoms with Crippen LogP contribution in [0.1, 0.15) is 49.0 Å². The minimum Gasteiger partial charge on any atom is -0.477 e. The fraction of sp³-hybridized carbons (Fsp3) is 0.500. The largest absolute Gasteiger partial charge is 0.477 e. The van der Waals surface area contributed by atoms with E-state index >= 15 is 0 Å². The van der Waals surface area contributed by atoms with Crippen LogP contribution in [0.15, 0.2) is 18.2 Å². The number of pyridine rings is 1. The minimum atomic E-state index is -1.09. The number of anilines is 1. The first-order valence-corrected chi connectivity index (χ1v) is 6.68. The van der Waals surface area contributed by atoms with Crippen LogP contribution in [0.2, 0.25) is 0 Å². The Bertz CT molecular complexity index is 466. The van der Waals surface area contributed by atoms with E-state index in [1.165, 1.54) is 18.9 Å². The molecule has 102 valence electrons. The van der Waals surface area contributed by atoms with Gasteiger partial charge in [-0.3, -0.25) is 4.79 Å². The summed E-state index contributed by atoms with van der Waals surface area (Å²) in [6, 6.07) is 4.60. The molecular formula is C14H18N2O3. The quantitative estimate of drug-likeness (QED) is 0.821. The summed E-state index contributed by atoms with van der Waals surface area (Å²) in [6.07, 6.45) is 6.36. The molecule has 1 fully saturated rings. The highest BCUT2D eigenvalue weighted by Crippen LogP contribution is 2.23. The van der Waals surface area contributed by atoms with Gasteiger partial charge in [0.15, 0.2) is 5.69 Å². The van der Waals surface area contributed by atoms with E-state index in [0.717, 1.165) is 25.7 Å². The van der Waals surface area contributed by atoms with E-state index in [1.54, 1.807) is 12.1 Å². The first kappa shape index (κ1) is 13.5. The Morgan fingerprint density at radius 1 is 1.16 bits per heavy atom. The van der Waals surface area contributed by atoms with Gasteiger partial charge in [-0.2, -0.15) is 0 Å². The molecule has 2 rings (SSSR count). The van der Waals surface area contributed by atoms with Crippen molar-refractivity contribution in [1.82, 2.24) is 4.98 Å². The van der Waals surface area contributed by atoms with Gasteiger partial charge < -0.3 is 10.4 Å². The maximum Gasteiger partial charge on any atom is 0.354 e. The number of carbonyl (C=O) groups excluding carboxylic acids is 1. The van der Waals surface area contributed by atoms with Gasteiger partial charge in [0.05, 0.1) is 0 Å². The number of nitrogens with zero attached hydrogens (tertiary/aromatic N) is 1. The number of hydrogen-bond acceptors (Lipinski definition) is 3. The van der Waals surface area contributed by atoms with Crippen LogP contribution in [0.4, 0.5) is 5.82 Å². The first-order chi connectivity index (χ1) is 9.16. The van der Waals surface area contributed by atoms with E-state index in [0.29, 0.717) is 5.82 Å². The first-order valence-electron chi connectivity index (χ1n) is 6.68. The number of carboxylic acid groups (broad SMARTS) is 1. The highest BCUT2D eigenvalue weighted by molar-refractivity contribution is 5.92. The lowest BCUT2D eigenvalue weighted by atomic mass is 9.99. The molecule has 1 aliphatic rings. The van der Waals surface area contributed by atoms with Gasteiger partial charge in [0.25, 0.3) is 0 Å². The monoisotopic (exact) mass is 262 g/mol. The second kappa shape index (κ2) is 6.31. The topological polar surface area (TPSA) is 79.3 Å². The van der Waals surface area contributed by atoms with Crippen LogP contribution in [0.5, 0.6) is 0 Å². The summed E-state index contributed by atoms with van der Waals surface area (Å²) in [5.74, 6) is -0.797. The molecule has 0 radical (unpaired) electrons. The third kappa shape index (κ3) is 3.77. The average Bonchev–Trinajstić information content (AvgIpc) is 2.68. The van der Waals surface area contributed by atoms with E-state index in [1.807, 2.05) is 0 Å². The fourth-order valence-electron chi connectivity index (χ4n) is 2.39. The summed E-state index contributed by atoms with van der Waals surface area (Å²) < 4.78 is 0. The molecule has 0 saturated heterocycles. The van der Waals surface area contributed by atoms with Gasteiger partial charge in [-0.1, -0.05) is 31.7 Å². The van der Waals surface area contributed by atoms with Crippen molar-refractivity contribution in [3.05, 3.63) is 23.9 Å². The SMILES string of the molecule is O=C(O)c1cccc(NC(=O)C2CCCCCC2)n1. The summed E-state index contributed by atoms with van der Waals surface area (Å²) in [4.78, 5) is 26.8. The second-order valence-corrected chi connectivity index (χ2v) is 4.89. The summed E-state index contributed by atoms with van der Waals surface area (Å²) in [5, 5.41) is 11.6. The Kier molecular flexibility index (Phi) is 4.49. The molecular weight excluding hydrogens is 244 g/mol. The van der Waals surface area contributed by atoms with E-state index < -0.39 is 5.97 Å². The van der Waals surface area contributed by atoms with Gasteiger partial charge in [-0.25, -0.2) is 9.78 Å². The fourth-order valence-corrected chi connectivity index (χ4v) is 2.39. The van der Waals surface area contributed by atoms with Crippen molar-refractivity contribution in [2.24, 2.45) is 5.92 Å². The number of carbonyl (C=O) groups is 2. The van der Waals surface area contributed by atoms with E-state index in [2.05, 4.69) is 10.3 Å². The van der Waals surface area contributed by atoms with Crippen LogP contribution in [-0.2, 0) is 4.79 Å². The van der Waals surface area contributed by atoms with Crippen molar-refractivity contribution in [2.75, 3.05) is 5.32 Å².